The Morgan fingerprint density at radius 2 is 1.82 bits per heavy atom. The molecule has 1 saturated heterocycles. The van der Waals surface area contributed by atoms with Crippen LogP contribution in [0.15, 0.2) is 59.3 Å². The average Bonchev–Trinajstić information content (AvgIpc) is 2.95. The van der Waals surface area contributed by atoms with Crippen molar-refractivity contribution in [2.24, 2.45) is 35.5 Å². The molecule has 0 amide bonds. The van der Waals surface area contributed by atoms with Crippen molar-refractivity contribution in [1.82, 2.24) is 0 Å². The number of ketones is 1. The molecule has 1 rings (SSSR count). The van der Waals surface area contributed by atoms with Crippen LogP contribution in [0.3, 0.4) is 0 Å². The Morgan fingerprint density at radius 1 is 1.16 bits per heavy atom. The van der Waals surface area contributed by atoms with E-state index in [2.05, 4.69) is 30.7 Å². The SMILES string of the molecule is CCC(C=C[C@@H]1OC(=O)CC(C[N+](=O)[O-])[C@@H]1C)=C[C@H](C)CC=CC(C)=C[C@@H](C)C(=O)[C@@H](C)[C@H](O)[C@@H](C)CC(C)=CC(=O)OC. The molecular weight excluding hydrogens is 562 g/mol. The Balaban J connectivity index is 2.75. The molecule has 8 atom stereocenters. The largest absolute Gasteiger partial charge is 0.466 e. The molecule has 0 aromatic heterocycles. The van der Waals surface area contributed by atoms with Crippen LogP contribution in [0.2, 0.25) is 0 Å². The van der Waals surface area contributed by atoms with Crippen molar-refractivity contribution in [1.29, 1.82) is 0 Å². The van der Waals surface area contributed by atoms with Crippen molar-refractivity contribution >= 4 is 17.7 Å². The monoisotopic (exact) mass is 615 g/mol. The first-order chi connectivity index (χ1) is 20.6. The number of nitro groups is 1. The predicted molar refractivity (Wildman–Crippen MR) is 172 cm³/mol. The van der Waals surface area contributed by atoms with E-state index in [0.717, 1.165) is 29.6 Å². The van der Waals surface area contributed by atoms with Gasteiger partial charge in [-0.05, 0) is 51.0 Å². The fraction of sp³-hybridized carbons (Fsp3) is 0.629. The van der Waals surface area contributed by atoms with Crippen LogP contribution >= 0.6 is 0 Å². The van der Waals surface area contributed by atoms with Crippen LogP contribution in [0.1, 0.15) is 81.1 Å². The highest BCUT2D eigenvalue weighted by atomic mass is 16.6. The minimum atomic E-state index is -0.833. The first-order valence-corrected chi connectivity index (χ1v) is 15.6. The van der Waals surface area contributed by atoms with Crippen molar-refractivity contribution in [2.45, 2.75) is 93.3 Å². The first-order valence-electron chi connectivity index (χ1n) is 15.6. The van der Waals surface area contributed by atoms with E-state index in [-0.39, 0.29) is 53.3 Å². The quantitative estimate of drug-likeness (QED) is 0.0636. The fourth-order valence-corrected chi connectivity index (χ4v) is 5.58. The number of hydrogen-bond acceptors (Lipinski definition) is 8. The summed E-state index contributed by atoms with van der Waals surface area (Å²) in [5.41, 5.74) is 2.84. The number of allylic oxidation sites excluding steroid dienone is 8. The maximum Gasteiger partial charge on any atom is 0.330 e. The Bertz CT molecular complexity index is 1150. The van der Waals surface area contributed by atoms with Crippen molar-refractivity contribution in [3.05, 3.63) is 69.4 Å². The van der Waals surface area contributed by atoms with Crippen LogP contribution in [0.25, 0.3) is 0 Å². The number of carbonyl (C=O) groups excluding carboxylic acids is 3. The van der Waals surface area contributed by atoms with E-state index in [9.17, 15) is 29.6 Å². The van der Waals surface area contributed by atoms with E-state index in [0.29, 0.717) is 6.42 Å². The summed E-state index contributed by atoms with van der Waals surface area (Å²) in [7, 11) is 1.32. The lowest BCUT2D eigenvalue weighted by Crippen LogP contribution is -2.39. The lowest BCUT2D eigenvalue weighted by molar-refractivity contribution is -0.490. The summed E-state index contributed by atoms with van der Waals surface area (Å²) < 4.78 is 10.1. The number of nitrogens with zero attached hydrogens (tertiary/aromatic N) is 1. The van der Waals surface area contributed by atoms with E-state index in [1.54, 1.807) is 13.8 Å². The molecule has 1 aliphatic rings. The lowest BCUT2D eigenvalue weighted by atomic mass is 9.83. The second-order valence-corrected chi connectivity index (χ2v) is 12.4. The normalized spacial score (nSPS) is 23.6. The molecule has 0 radical (unpaired) electrons. The number of esters is 2. The topological polar surface area (TPSA) is 133 Å². The van der Waals surface area contributed by atoms with E-state index in [4.69, 9.17) is 4.74 Å². The maximum atomic E-state index is 13.1. The molecule has 246 valence electrons. The number of carbonyl (C=O) groups is 3. The standard InChI is InChI=1S/C35H53NO8/c1-10-29(14-15-31-27(7)30(21-36(41)42)20-33(38)44-31)18-23(3)13-11-12-22(2)16-25(5)34(39)28(8)35(40)26(6)17-24(4)19-32(37)43-9/h11-12,14-16,18-19,23,25-28,30-31,35,40H,10,13,17,20-21H2,1-9H3/t23-,25-,26+,27+,28-,30?,31+,35-/m1/s1. The number of ether oxygens (including phenoxy) is 2. The van der Waals surface area contributed by atoms with Crippen LogP contribution in [-0.4, -0.2) is 53.6 Å². The van der Waals surface area contributed by atoms with Crippen molar-refractivity contribution in [3.8, 4) is 0 Å². The van der Waals surface area contributed by atoms with Gasteiger partial charge < -0.3 is 14.6 Å². The highest BCUT2D eigenvalue weighted by molar-refractivity contribution is 5.85. The van der Waals surface area contributed by atoms with Gasteiger partial charge in [0.15, 0.2) is 0 Å². The van der Waals surface area contributed by atoms with Crippen LogP contribution in [0.5, 0.6) is 0 Å². The molecule has 9 nitrogen and oxygen atoms in total. The summed E-state index contributed by atoms with van der Waals surface area (Å²) in [4.78, 5) is 47.1. The van der Waals surface area contributed by atoms with Gasteiger partial charge in [0.2, 0.25) is 6.54 Å². The van der Waals surface area contributed by atoms with Gasteiger partial charge in [-0.2, -0.15) is 0 Å². The summed E-state index contributed by atoms with van der Waals surface area (Å²) in [6.45, 7) is 15.0. The molecule has 0 bridgehead atoms. The molecule has 0 aliphatic carbocycles. The van der Waals surface area contributed by atoms with Gasteiger partial charge >= 0.3 is 11.9 Å². The summed E-state index contributed by atoms with van der Waals surface area (Å²) in [5, 5.41) is 21.8. The molecule has 1 fully saturated rings. The zero-order valence-electron chi connectivity index (χ0n) is 27.9. The van der Waals surface area contributed by atoms with Crippen LogP contribution in [0, 0.1) is 45.6 Å². The zero-order valence-corrected chi connectivity index (χ0v) is 27.9. The van der Waals surface area contributed by atoms with E-state index in [1.165, 1.54) is 13.2 Å². The Kier molecular flexibility index (Phi) is 16.8. The highest BCUT2D eigenvalue weighted by Crippen LogP contribution is 2.29. The summed E-state index contributed by atoms with van der Waals surface area (Å²) in [6, 6.07) is 0. The van der Waals surface area contributed by atoms with Gasteiger partial charge in [-0.15, -0.1) is 0 Å². The molecule has 44 heavy (non-hydrogen) atoms. The molecule has 1 N–H and O–H groups in total. The number of aliphatic hydroxyl groups excluding tert-OH is 1. The second kappa shape index (κ2) is 19.1. The zero-order chi connectivity index (χ0) is 33.6. The van der Waals surface area contributed by atoms with Gasteiger partial charge in [0.1, 0.15) is 11.9 Å². The molecule has 0 aromatic carbocycles. The molecule has 0 spiro atoms. The number of Topliss-reactive ketones (excluding diaryl/α,β-unsaturated/α-hetero) is 1. The molecule has 1 unspecified atom stereocenters. The summed E-state index contributed by atoms with van der Waals surface area (Å²) in [6.07, 6.45) is 14.2. The number of aliphatic hydroxyl groups is 1. The van der Waals surface area contributed by atoms with Gasteiger partial charge in [0, 0.05) is 34.7 Å². The third kappa shape index (κ3) is 13.5. The Labute approximate surface area is 263 Å². The fourth-order valence-electron chi connectivity index (χ4n) is 5.58. The first kappa shape index (κ1) is 38.7. The number of hydrogen-bond donors (Lipinski definition) is 1. The minimum absolute atomic E-state index is 0.0370. The number of methoxy groups -OCH3 is 1. The third-order valence-corrected chi connectivity index (χ3v) is 8.35. The lowest BCUT2D eigenvalue weighted by Gasteiger charge is -2.31. The summed E-state index contributed by atoms with van der Waals surface area (Å²) >= 11 is 0. The van der Waals surface area contributed by atoms with Gasteiger partial charge in [-0.1, -0.05) is 88.6 Å². The van der Waals surface area contributed by atoms with Crippen LogP contribution in [-0.2, 0) is 23.9 Å². The van der Waals surface area contributed by atoms with Gasteiger partial charge in [0.05, 0.1) is 19.6 Å². The Morgan fingerprint density at radius 3 is 2.41 bits per heavy atom. The summed E-state index contributed by atoms with van der Waals surface area (Å²) in [5.74, 6) is -2.22. The molecule has 9 heteroatoms. The highest BCUT2D eigenvalue weighted by Gasteiger charge is 2.37. The van der Waals surface area contributed by atoms with E-state index < -0.39 is 30.1 Å². The molecule has 1 aliphatic heterocycles. The third-order valence-electron chi connectivity index (χ3n) is 8.35. The molecular formula is C35H53NO8. The average molecular weight is 616 g/mol. The Hall–Kier alpha value is -3.33. The molecule has 1 heterocycles. The number of rotatable bonds is 17. The smallest absolute Gasteiger partial charge is 0.330 e. The van der Waals surface area contributed by atoms with Gasteiger partial charge in [-0.25, -0.2) is 4.79 Å². The van der Waals surface area contributed by atoms with Gasteiger partial charge in [-0.3, -0.25) is 19.7 Å². The van der Waals surface area contributed by atoms with E-state index >= 15 is 0 Å². The molecule has 0 saturated carbocycles. The van der Waals surface area contributed by atoms with Crippen molar-refractivity contribution < 1.29 is 33.9 Å². The predicted octanol–water partition coefficient (Wildman–Crippen LogP) is 6.60. The van der Waals surface area contributed by atoms with E-state index in [1.807, 2.05) is 52.0 Å². The van der Waals surface area contributed by atoms with Crippen molar-refractivity contribution in [2.75, 3.05) is 13.7 Å². The maximum absolute atomic E-state index is 13.1. The van der Waals surface area contributed by atoms with Gasteiger partial charge in [0.25, 0.3) is 0 Å². The van der Waals surface area contributed by atoms with Crippen molar-refractivity contribution in [3.63, 3.8) is 0 Å². The van der Waals surface area contributed by atoms with Crippen LogP contribution < -0.4 is 0 Å². The number of cyclic esters (lactones) is 1. The molecule has 0 aromatic rings. The minimum Gasteiger partial charge on any atom is -0.466 e. The van der Waals surface area contributed by atoms with Crippen LogP contribution in [0.4, 0.5) is 0 Å². The second-order valence-electron chi connectivity index (χ2n) is 12.4.